The number of carbonyl (C=O) groups excluding carboxylic acids is 1. The van der Waals surface area contributed by atoms with Gasteiger partial charge in [0.15, 0.2) is 0 Å². The molecule has 0 saturated heterocycles. The van der Waals surface area contributed by atoms with Crippen LogP contribution in [0.3, 0.4) is 0 Å². The van der Waals surface area contributed by atoms with Crippen molar-refractivity contribution in [1.82, 2.24) is 9.21 Å². The highest BCUT2D eigenvalue weighted by Crippen LogP contribution is 2.34. The molecule has 0 radical (unpaired) electrons. The van der Waals surface area contributed by atoms with Crippen LogP contribution in [0.4, 0.5) is 0 Å². The molecule has 164 valence electrons. The molecule has 1 aliphatic heterocycles. The second-order valence-corrected chi connectivity index (χ2v) is 10.2. The maximum Gasteiger partial charge on any atom is 0.247 e. The smallest absolute Gasteiger partial charge is 0.247 e. The van der Waals surface area contributed by atoms with Crippen LogP contribution in [-0.4, -0.2) is 67.5 Å². The second-order valence-electron chi connectivity index (χ2n) is 8.34. The molecule has 1 aromatic carbocycles. The summed E-state index contributed by atoms with van der Waals surface area (Å²) in [6.07, 6.45) is 1.80. The molecule has 1 aromatic rings. The number of sulfonamides is 1. The molecule has 0 unspecified atom stereocenters. The minimum absolute atomic E-state index is 0.0575. The van der Waals surface area contributed by atoms with Crippen LogP contribution in [0.2, 0.25) is 0 Å². The molecule has 1 heterocycles. The fourth-order valence-electron chi connectivity index (χ4n) is 3.33. The summed E-state index contributed by atoms with van der Waals surface area (Å²) in [5.74, 6) is 6.65. The number of aliphatic hydroxyl groups excluding tert-OH is 1. The minimum atomic E-state index is -3.87. The summed E-state index contributed by atoms with van der Waals surface area (Å²) in [6.45, 7) is 5.28. The van der Waals surface area contributed by atoms with Crippen LogP contribution in [-0.2, 0) is 14.8 Å². The summed E-state index contributed by atoms with van der Waals surface area (Å²) >= 11 is 0. The molecule has 3 atom stereocenters. The van der Waals surface area contributed by atoms with E-state index in [9.17, 15) is 18.3 Å². The summed E-state index contributed by atoms with van der Waals surface area (Å²) in [5, 5.41) is 9.66. The van der Waals surface area contributed by atoms with Gasteiger partial charge in [-0.05, 0) is 38.0 Å². The van der Waals surface area contributed by atoms with Crippen molar-refractivity contribution in [3.63, 3.8) is 0 Å². The maximum absolute atomic E-state index is 13.4. The van der Waals surface area contributed by atoms with Gasteiger partial charge >= 0.3 is 0 Å². The zero-order valence-electron chi connectivity index (χ0n) is 18.0. The first-order valence-electron chi connectivity index (χ1n) is 10.3. The van der Waals surface area contributed by atoms with Crippen LogP contribution in [0, 0.1) is 23.7 Å². The van der Waals surface area contributed by atoms with E-state index < -0.39 is 22.2 Å². The molecule has 2 aliphatic rings. The Morgan fingerprint density at radius 2 is 2.10 bits per heavy atom. The Morgan fingerprint density at radius 3 is 2.70 bits per heavy atom. The number of aliphatic hydroxyl groups is 1. The number of rotatable bonds is 4. The Labute approximate surface area is 179 Å². The molecule has 0 bridgehead atoms. The van der Waals surface area contributed by atoms with E-state index in [2.05, 4.69) is 11.8 Å². The van der Waals surface area contributed by atoms with Crippen LogP contribution in [0.25, 0.3) is 0 Å². The largest absolute Gasteiger partial charge is 0.487 e. The van der Waals surface area contributed by atoms with E-state index in [1.165, 1.54) is 17.3 Å². The van der Waals surface area contributed by atoms with Gasteiger partial charge in [0.1, 0.15) is 16.7 Å². The van der Waals surface area contributed by atoms with Crippen molar-refractivity contribution >= 4 is 15.9 Å². The number of benzene rings is 1. The van der Waals surface area contributed by atoms with E-state index in [1.54, 1.807) is 31.0 Å². The predicted molar refractivity (Wildman–Crippen MR) is 113 cm³/mol. The van der Waals surface area contributed by atoms with Crippen molar-refractivity contribution in [3.8, 4) is 17.6 Å². The number of hydrogen-bond donors (Lipinski definition) is 1. The molecule has 1 N–H and O–H groups in total. The first-order valence-corrected chi connectivity index (χ1v) is 11.7. The molecule has 1 aliphatic carbocycles. The third-order valence-corrected chi connectivity index (χ3v) is 7.68. The first kappa shape index (κ1) is 22.6. The van der Waals surface area contributed by atoms with Gasteiger partial charge in [0.25, 0.3) is 0 Å². The number of nitrogens with zero attached hydrogens (tertiary/aromatic N) is 2. The molecule has 1 fully saturated rings. The lowest BCUT2D eigenvalue weighted by Gasteiger charge is -2.37. The van der Waals surface area contributed by atoms with Crippen LogP contribution in [0.1, 0.15) is 39.2 Å². The van der Waals surface area contributed by atoms with Gasteiger partial charge in [0, 0.05) is 44.0 Å². The highest BCUT2D eigenvalue weighted by molar-refractivity contribution is 7.89. The zero-order chi connectivity index (χ0) is 22.1. The average Bonchev–Trinajstić information content (AvgIpc) is 3.52. The maximum atomic E-state index is 13.4. The Balaban J connectivity index is 2.06. The Morgan fingerprint density at radius 1 is 1.40 bits per heavy atom. The Bertz CT molecular complexity index is 961. The zero-order valence-corrected chi connectivity index (χ0v) is 18.8. The highest BCUT2D eigenvalue weighted by Gasteiger charge is 2.38. The molecule has 1 amide bonds. The van der Waals surface area contributed by atoms with Gasteiger partial charge in [-0.25, -0.2) is 8.42 Å². The van der Waals surface area contributed by atoms with Crippen molar-refractivity contribution in [3.05, 3.63) is 23.8 Å². The third kappa shape index (κ3) is 4.97. The van der Waals surface area contributed by atoms with Crippen LogP contribution in [0.5, 0.6) is 5.75 Å². The predicted octanol–water partition coefficient (Wildman–Crippen LogP) is 1.70. The molecular weight excluding hydrogens is 404 g/mol. The number of amides is 1. The van der Waals surface area contributed by atoms with Gasteiger partial charge in [0.2, 0.25) is 15.9 Å². The van der Waals surface area contributed by atoms with Crippen molar-refractivity contribution < 1.29 is 23.1 Å². The van der Waals surface area contributed by atoms with Gasteiger partial charge in [-0.2, -0.15) is 4.31 Å². The highest BCUT2D eigenvalue weighted by atomic mass is 32.2. The normalized spacial score (nSPS) is 24.3. The Hall–Kier alpha value is -2.08. The standard InChI is InChI=1S/C22H30N2O5S/c1-15-12-24(16(2)14-25)30(27,28)22-10-9-19(8-7-18-5-6-18)11-20(22)29-21(15)13-23(4)17(3)26/h9-11,15-16,18,21,25H,5-6,12-14H2,1-4H3/t15-,16+,21-/m0/s1. The molecule has 0 spiro atoms. The summed E-state index contributed by atoms with van der Waals surface area (Å²) < 4.78 is 34.3. The molecule has 30 heavy (non-hydrogen) atoms. The lowest BCUT2D eigenvalue weighted by Crippen LogP contribution is -2.50. The summed E-state index contributed by atoms with van der Waals surface area (Å²) in [5.41, 5.74) is 0.699. The molecular formula is C22H30N2O5S. The topological polar surface area (TPSA) is 87.2 Å². The summed E-state index contributed by atoms with van der Waals surface area (Å²) in [4.78, 5) is 13.4. The monoisotopic (exact) mass is 434 g/mol. The van der Waals surface area contributed by atoms with Gasteiger partial charge < -0.3 is 14.7 Å². The van der Waals surface area contributed by atoms with E-state index >= 15 is 0 Å². The lowest BCUT2D eigenvalue weighted by molar-refractivity contribution is -0.129. The number of ether oxygens (including phenoxy) is 1. The molecule has 3 rings (SSSR count). The van der Waals surface area contributed by atoms with E-state index in [1.807, 2.05) is 6.92 Å². The number of fused-ring (bicyclic) bond motifs is 1. The summed E-state index contributed by atoms with van der Waals surface area (Å²) in [6, 6.07) is 4.31. The van der Waals surface area contributed by atoms with Crippen LogP contribution in [0.15, 0.2) is 23.1 Å². The summed E-state index contributed by atoms with van der Waals surface area (Å²) in [7, 11) is -2.18. The quantitative estimate of drug-likeness (QED) is 0.729. The van der Waals surface area contributed by atoms with Crippen molar-refractivity contribution in [1.29, 1.82) is 0 Å². The number of carbonyl (C=O) groups is 1. The molecule has 1 saturated carbocycles. The van der Waals surface area contributed by atoms with E-state index in [-0.39, 0.29) is 35.6 Å². The van der Waals surface area contributed by atoms with Crippen molar-refractivity contribution in [2.45, 2.75) is 50.7 Å². The van der Waals surface area contributed by atoms with Crippen molar-refractivity contribution in [2.24, 2.45) is 11.8 Å². The fourth-order valence-corrected chi connectivity index (χ4v) is 5.16. The van der Waals surface area contributed by atoms with Crippen molar-refractivity contribution in [2.75, 3.05) is 26.7 Å². The lowest BCUT2D eigenvalue weighted by atomic mass is 10.0. The number of likely N-dealkylation sites (N-methyl/N-ethyl adjacent to an activating group) is 1. The van der Waals surface area contributed by atoms with Crippen LogP contribution >= 0.6 is 0 Å². The molecule has 0 aromatic heterocycles. The SMILES string of the molecule is CC(=O)N(C)C[C@@H]1Oc2cc(C#CC3CC3)ccc2S(=O)(=O)N([C@H](C)CO)C[C@@H]1C. The van der Waals surface area contributed by atoms with E-state index in [0.717, 1.165) is 12.8 Å². The first-order chi connectivity index (χ1) is 14.1. The van der Waals surface area contributed by atoms with Gasteiger partial charge in [0.05, 0.1) is 13.2 Å². The average molecular weight is 435 g/mol. The molecule has 7 nitrogen and oxygen atoms in total. The Kier molecular flexibility index (Phi) is 6.75. The van der Waals surface area contributed by atoms with Gasteiger partial charge in [-0.1, -0.05) is 18.8 Å². The van der Waals surface area contributed by atoms with Gasteiger partial charge in [-0.15, -0.1) is 0 Å². The fraction of sp³-hybridized carbons (Fsp3) is 0.591. The number of hydrogen-bond acceptors (Lipinski definition) is 5. The van der Waals surface area contributed by atoms with Gasteiger partial charge in [-0.3, -0.25) is 4.79 Å². The molecule has 8 heteroatoms. The van der Waals surface area contributed by atoms with Crippen LogP contribution < -0.4 is 4.74 Å². The van der Waals surface area contributed by atoms with E-state index in [4.69, 9.17) is 4.74 Å². The third-order valence-electron chi connectivity index (χ3n) is 5.66. The minimum Gasteiger partial charge on any atom is -0.487 e. The van der Waals surface area contributed by atoms with E-state index in [0.29, 0.717) is 18.0 Å². The second kappa shape index (κ2) is 8.96.